The summed E-state index contributed by atoms with van der Waals surface area (Å²) in [4.78, 5) is 0.467. The zero-order chi connectivity index (χ0) is 13.9. The highest BCUT2D eigenvalue weighted by Crippen LogP contribution is 2.30. The van der Waals surface area contributed by atoms with Gasteiger partial charge in [-0.25, -0.2) is 8.42 Å². The third-order valence-electron chi connectivity index (χ3n) is 3.55. The minimum absolute atomic E-state index is 0.189. The summed E-state index contributed by atoms with van der Waals surface area (Å²) in [5.74, 6) is 0. The topological polar surface area (TPSA) is 34.1 Å². The van der Waals surface area contributed by atoms with E-state index >= 15 is 0 Å². The minimum Gasteiger partial charge on any atom is -0.223 e. The number of aryl methyl sites for hydroxylation is 1. The minimum atomic E-state index is -3.21. The molecule has 0 radical (unpaired) electrons. The molecule has 0 aromatic heterocycles. The molecule has 0 N–H and O–H groups in total. The van der Waals surface area contributed by atoms with Crippen LogP contribution in [0.4, 0.5) is 0 Å². The maximum absolute atomic E-state index is 12.7. The molecule has 0 amide bonds. The third-order valence-corrected chi connectivity index (χ3v) is 7.81. The van der Waals surface area contributed by atoms with Crippen LogP contribution in [0.5, 0.6) is 0 Å². The molecule has 0 saturated carbocycles. The number of hydrogen-bond donors (Lipinski definition) is 0. The lowest BCUT2D eigenvalue weighted by atomic mass is 10.1. The molecule has 1 aliphatic carbocycles. The number of sulfone groups is 1. The maximum atomic E-state index is 12.7. The van der Waals surface area contributed by atoms with Crippen LogP contribution in [-0.4, -0.2) is 17.6 Å². The maximum Gasteiger partial charge on any atom is 0.182 e. The number of allylic oxidation sites excluding steroid dienone is 2. The normalized spacial score (nSPS) is 26.4. The molecule has 1 aromatic rings. The summed E-state index contributed by atoms with van der Waals surface area (Å²) in [5, 5.41) is -0.263. The van der Waals surface area contributed by atoms with E-state index in [9.17, 15) is 8.42 Å². The van der Waals surface area contributed by atoms with E-state index in [0.717, 1.165) is 31.2 Å². The first-order valence-corrected chi connectivity index (χ1v) is 9.40. The summed E-state index contributed by atoms with van der Waals surface area (Å²) < 4.78 is 25.7. The first kappa shape index (κ1) is 15.0. The predicted molar refractivity (Wildman–Crippen MR) is 87.6 cm³/mol. The monoisotopic (exact) mass is 390 g/mol. The molecule has 1 aromatic carbocycles. The molecular weight excluding hydrogens is 371 g/mol. The van der Waals surface area contributed by atoms with Gasteiger partial charge in [0.05, 0.1) is 10.1 Å². The molecule has 2 atom stereocenters. The molecule has 2 nitrogen and oxygen atoms in total. The standard InChI is InChI=1S/C15H19IO2S/c1-12-8-10-13(11-9-12)19(17,18)15-7-5-3-2-4-6-14(15)16/h2-3,8-11,14-15H,4-7H2,1H3/b3-2-/t14-,15-/m1/s1. The van der Waals surface area contributed by atoms with Gasteiger partial charge >= 0.3 is 0 Å². The van der Waals surface area contributed by atoms with Crippen molar-refractivity contribution in [1.29, 1.82) is 0 Å². The Morgan fingerprint density at radius 3 is 2.26 bits per heavy atom. The van der Waals surface area contributed by atoms with E-state index in [1.54, 1.807) is 12.1 Å². The Morgan fingerprint density at radius 1 is 1.05 bits per heavy atom. The highest BCUT2D eigenvalue weighted by Gasteiger charge is 2.32. The van der Waals surface area contributed by atoms with Crippen molar-refractivity contribution >= 4 is 32.4 Å². The fourth-order valence-electron chi connectivity index (χ4n) is 2.37. The van der Waals surface area contributed by atoms with Gasteiger partial charge in [0, 0.05) is 3.92 Å². The molecule has 1 aliphatic rings. The average Bonchev–Trinajstić information content (AvgIpc) is 2.34. The third kappa shape index (κ3) is 3.60. The summed E-state index contributed by atoms with van der Waals surface area (Å²) in [6.07, 6.45) is 7.77. The first-order valence-electron chi connectivity index (χ1n) is 6.61. The van der Waals surface area contributed by atoms with Gasteiger partial charge in [0.1, 0.15) is 0 Å². The number of benzene rings is 1. The van der Waals surface area contributed by atoms with Crippen LogP contribution in [0.25, 0.3) is 0 Å². The second-order valence-electron chi connectivity index (χ2n) is 5.04. The smallest absolute Gasteiger partial charge is 0.182 e. The van der Waals surface area contributed by atoms with Gasteiger partial charge in [-0.2, -0.15) is 0 Å². The van der Waals surface area contributed by atoms with Crippen LogP contribution in [0.2, 0.25) is 0 Å². The Labute approximate surface area is 129 Å². The van der Waals surface area contributed by atoms with Crippen molar-refractivity contribution in [1.82, 2.24) is 0 Å². The molecule has 0 heterocycles. The fraction of sp³-hybridized carbons (Fsp3) is 0.467. The van der Waals surface area contributed by atoms with Gasteiger partial charge in [-0.15, -0.1) is 0 Å². The molecule has 2 rings (SSSR count). The Hall–Kier alpha value is -0.360. The lowest BCUT2D eigenvalue weighted by Crippen LogP contribution is -2.31. The van der Waals surface area contributed by atoms with Crippen LogP contribution in [0, 0.1) is 6.92 Å². The van der Waals surface area contributed by atoms with Gasteiger partial charge in [-0.1, -0.05) is 52.4 Å². The van der Waals surface area contributed by atoms with Crippen molar-refractivity contribution < 1.29 is 8.42 Å². The molecule has 0 aliphatic heterocycles. The van der Waals surface area contributed by atoms with Gasteiger partial charge in [0.15, 0.2) is 9.84 Å². The van der Waals surface area contributed by atoms with Crippen LogP contribution >= 0.6 is 22.6 Å². The molecular formula is C15H19IO2S. The molecule has 0 saturated heterocycles. The van der Waals surface area contributed by atoms with E-state index in [1.165, 1.54) is 0 Å². The van der Waals surface area contributed by atoms with Crippen molar-refractivity contribution in [3.05, 3.63) is 42.0 Å². The number of hydrogen-bond acceptors (Lipinski definition) is 2. The Kier molecular flexibility index (Phi) is 5.06. The first-order chi connectivity index (χ1) is 9.01. The molecule has 0 spiro atoms. The highest BCUT2D eigenvalue weighted by molar-refractivity contribution is 14.1. The van der Waals surface area contributed by atoms with Crippen molar-refractivity contribution in [3.8, 4) is 0 Å². The lowest BCUT2D eigenvalue weighted by molar-refractivity contribution is 0.560. The zero-order valence-corrected chi connectivity index (χ0v) is 14.0. The number of halogens is 1. The molecule has 4 heteroatoms. The second-order valence-corrected chi connectivity index (χ2v) is 8.81. The molecule has 0 fully saturated rings. The van der Waals surface area contributed by atoms with Crippen LogP contribution < -0.4 is 0 Å². The Bertz CT molecular complexity index is 546. The van der Waals surface area contributed by atoms with Crippen LogP contribution in [0.15, 0.2) is 41.3 Å². The van der Waals surface area contributed by atoms with E-state index in [0.29, 0.717) is 4.90 Å². The van der Waals surface area contributed by atoms with Gasteiger partial charge in [-0.3, -0.25) is 0 Å². The van der Waals surface area contributed by atoms with Crippen molar-refractivity contribution in [2.45, 2.75) is 46.7 Å². The van der Waals surface area contributed by atoms with Gasteiger partial charge in [0.25, 0.3) is 0 Å². The predicted octanol–water partition coefficient (Wildman–Crippen LogP) is 4.07. The Morgan fingerprint density at radius 2 is 1.63 bits per heavy atom. The lowest BCUT2D eigenvalue weighted by Gasteiger charge is -2.23. The van der Waals surface area contributed by atoms with Crippen molar-refractivity contribution in [2.75, 3.05) is 0 Å². The number of rotatable bonds is 2. The number of alkyl halides is 1. The van der Waals surface area contributed by atoms with E-state index in [4.69, 9.17) is 0 Å². The summed E-state index contributed by atoms with van der Waals surface area (Å²) in [6, 6.07) is 7.22. The van der Waals surface area contributed by atoms with Crippen molar-refractivity contribution in [2.24, 2.45) is 0 Å². The fourth-order valence-corrected chi connectivity index (χ4v) is 6.09. The van der Waals surface area contributed by atoms with E-state index < -0.39 is 9.84 Å². The largest absolute Gasteiger partial charge is 0.223 e. The van der Waals surface area contributed by atoms with Crippen LogP contribution in [-0.2, 0) is 9.84 Å². The van der Waals surface area contributed by atoms with E-state index in [2.05, 4.69) is 34.7 Å². The zero-order valence-electron chi connectivity index (χ0n) is 11.0. The second kappa shape index (κ2) is 6.39. The van der Waals surface area contributed by atoms with Crippen molar-refractivity contribution in [3.63, 3.8) is 0 Å². The van der Waals surface area contributed by atoms with E-state index in [1.807, 2.05) is 19.1 Å². The van der Waals surface area contributed by atoms with Gasteiger partial charge in [-0.05, 0) is 44.7 Å². The molecule has 0 unspecified atom stereocenters. The molecule has 0 bridgehead atoms. The van der Waals surface area contributed by atoms with E-state index in [-0.39, 0.29) is 9.17 Å². The van der Waals surface area contributed by atoms with Gasteiger partial charge < -0.3 is 0 Å². The Balaban J connectivity index is 2.31. The highest BCUT2D eigenvalue weighted by atomic mass is 127. The quantitative estimate of drug-likeness (QED) is 0.434. The van der Waals surface area contributed by atoms with Crippen LogP contribution in [0.1, 0.15) is 31.2 Å². The molecule has 19 heavy (non-hydrogen) atoms. The average molecular weight is 390 g/mol. The summed E-state index contributed by atoms with van der Waals surface area (Å²) in [7, 11) is -3.21. The summed E-state index contributed by atoms with van der Waals surface area (Å²) >= 11 is 2.31. The molecule has 104 valence electrons. The van der Waals surface area contributed by atoms with Crippen LogP contribution in [0.3, 0.4) is 0 Å². The SMILES string of the molecule is Cc1ccc(S(=O)(=O)[C@@H]2CC/C=C\CC[C@H]2I)cc1. The summed E-state index contributed by atoms with van der Waals surface area (Å²) in [6.45, 7) is 1.97. The van der Waals surface area contributed by atoms with Gasteiger partial charge in [0.2, 0.25) is 0 Å². The summed E-state index contributed by atoms with van der Waals surface area (Å²) in [5.41, 5.74) is 1.09.